The summed E-state index contributed by atoms with van der Waals surface area (Å²) in [5, 5.41) is 13.5. The van der Waals surface area contributed by atoms with E-state index in [-0.39, 0.29) is 17.6 Å². The van der Waals surface area contributed by atoms with E-state index in [9.17, 15) is 9.90 Å². The first kappa shape index (κ1) is 16.4. The summed E-state index contributed by atoms with van der Waals surface area (Å²) in [5.74, 6) is 1.16. The average Bonchev–Trinajstić information content (AvgIpc) is 3.03. The van der Waals surface area contributed by atoms with Crippen LogP contribution in [0.5, 0.6) is 5.75 Å². The molecule has 0 bridgehead atoms. The summed E-state index contributed by atoms with van der Waals surface area (Å²) in [6.07, 6.45) is 4.75. The molecule has 1 atom stereocenters. The molecule has 7 nitrogen and oxygen atoms in total. The number of likely N-dealkylation sites (tertiary alicyclic amines) is 1. The van der Waals surface area contributed by atoms with E-state index in [2.05, 4.69) is 15.1 Å². The Balaban J connectivity index is 1.76. The van der Waals surface area contributed by atoms with Crippen molar-refractivity contribution in [2.75, 3.05) is 13.1 Å². The Morgan fingerprint density at radius 2 is 2.17 bits per heavy atom. The van der Waals surface area contributed by atoms with Gasteiger partial charge in [-0.2, -0.15) is 4.98 Å². The molecule has 1 amide bonds. The largest absolute Gasteiger partial charge is 0.506 e. The molecule has 1 aliphatic heterocycles. The van der Waals surface area contributed by atoms with Gasteiger partial charge in [0.1, 0.15) is 5.75 Å². The van der Waals surface area contributed by atoms with E-state index in [0.29, 0.717) is 23.8 Å². The SMILES string of the molecule is CC(C)(C)C(=O)N1CCC[C@H](c2nc(-c3cncc(O)c3)no2)C1. The molecule has 3 rings (SSSR count). The quantitative estimate of drug-likeness (QED) is 0.910. The van der Waals surface area contributed by atoms with E-state index in [1.807, 2.05) is 25.7 Å². The first-order valence-electron chi connectivity index (χ1n) is 8.12. The van der Waals surface area contributed by atoms with Crippen LogP contribution in [-0.2, 0) is 4.79 Å². The van der Waals surface area contributed by atoms with E-state index in [1.54, 1.807) is 6.20 Å². The Morgan fingerprint density at radius 3 is 2.88 bits per heavy atom. The van der Waals surface area contributed by atoms with Gasteiger partial charge in [0.15, 0.2) is 0 Å². The van der Waals surface area contributed by atoms with Gasteiger partial charge in [0.05, 0.1) is 12.1 Å². The van der Waals surface area contributed by atoms with Crippen LogP contribution in [0.3, 0.4) is 0 Å². The lowest BCUT2D eigenvalue weighted by molar-refractivity contribution is -0.140. The number of carbonyl (C=O) groups excluding carboxylic acids is 1. The third kappa shape index (κ3) is 3.39. The second kappa shape index (κ2) is 6.22. The van der Waals surface area contributed by atoms with Gasteiger partial charge in [-0.3, -0.25) is 9.78 Å². The molecular weight excluding hydrogens is 308 g/mol. The summed E-state index contributed by atoms with van der Waals surface area (Å²) in [4.78, 5) is 22.7. The normalized spacial score (nSPS) is 18.6. The lowest BCUT2D eigenvalue weighted by Gasteiger charge is -2.35. The molecule has 0 aliphatic carbocycles. The number of pyridine rings is 1. The number of rotatable bonds is 2. The van der Waals surface area contributed by atoms with Crippen LogP contribution in [0, 0.1) is 5.41 Å². The fourth-order valence-corrected chi connectivity index (χ4v) is 2.91. The van der Waals surface area contributed by atoms with E-state index in [4.69, 9.17) is 4.52 Å². The summed E-state index contributed by atoms with van der Waals surface area (Å²) >= 11 is 0. The maximum Gasteiger partial charge on any atom is 0.231 e. The number of amides is 1. The second-order valence-corrected chi connectivity index (χ2v) is 7.23. The molecule has 0 aromatic carbocycles. The molecule has 1 aliphatic rings. The summed E-state index contributed by atoms with van der Waals surface area (Å²) in [5.41, 5.74) is 0.207. The van der Waals surface area contributed by atoms with Crippen molar-refractivity contribution in [2.45, 2.75) is 39.5 Å². The van der Waals surface area contributed by atoms with Crippen molar-refractivity contribution in [1.29, 1.82) is 0 Å². The molecule has 128 valence electrons. The number of aromatic nitrogens is 3. The Labute approximate surface area is 140 Å². The Kier molecular flexibility index (Phi) is 4.26. The molecular formula is C17H22N4O3. The zero-order valence-electron chi connectivity index (χ0n) is 14.2. The van der Waals surface area contributed by atoms with E-state index in [1.165, 1.54) is 12.3 Å². The van der Waals surface area contributed by atoms with Crippen LogP contribution in [0.2, 0.25) is 0 Å². The van der Waals surface area contributed by atoms with E-state index < -0.39 is 5.41 Å². The molecule has 0 radical (unpaired) electrons. The average molecular weight is 330 g/mol. The molecule has 1 fully saturated rings. The Hall–Kier alpha value is -2.44. The molecule has 2 aromatic heterocycles. The van der Waals surface area contributed by atoms with Crippen LogP contribution < -0.4 is 0 Å². The fourth-order valence-electron chi connectivity index (χ4n) is 2.91. The van der Waals surface area contributed by atoms with E-state index in [0.717, 1.165) is 19.4 Å². The number of carbonyl (C=O) groups is 1. The lowest BCUT2D eigenvalue weighted by Crippen LogP contribution is -2.44. The van der Waals surface area contributed by atoms with Crippen molar-refractivity contribution in [3.8, 4) is 17.1 Å². The van der Waals surface area contributed by atoms with Crippen molar-refractivity contribution in [2.24, 2.45) is 5.41 Å². The Bertz CT molecular complexity index is 735. The van der Waals surface area contributed by atoms with Crippen LogP contribution in [0.1, 0.15) is 45.4 Å². The smallest absolute Gasteiger partial charge is 0.231 e. The lowest BCUT2D eigenvalue weighted by atomic mass is 9.91. The molecule has 3 heterocycles. The van der Waals surface area contributed by atoms with Gasteiger partial charge >= 0.3 is 0 Å². The monoisotopic (exact) mass is 330 g/mol. The van der Waals surface area contributed by atoms with Crippen molar-refractivity contribution in [1.82, 2.24) is 20.0 Å². The summed E-state index contributed by atoms with van der Waals surface area (Å²) in [6, 6.07) is 1.54. The topological polar surface area (TPSA) is 92.4 Å². The second-order valence-electron chi connectivity index (χ2n) is 7.23. The first-order valence-corrected chi connectivity index (χ1v) is 8.12. The number of hydrogen-bond donors (Lipinski definition) is 1. The molecule has 1 saturated heterocycles. The minimum atomic E-state index is -0.394. The van der Waals surface area contributed by atoms with Gasteiger partial charge in [0.25, 0.3) is 0 Å². The fraction of sp³-hybridized carbons (Fsp3) is 0.529. The molecule has 1 N–H and O–H groups in total. The van der Waals surface area contributed by atoms with Crippen molar-refractivity contribution in [3.05, 3.63) is 24.4 Å². The van der Waals surface area contributed by atoms with Gasteiger partial charge < -0.3 is 14.5 Å². The van der Waals surface area contributed by atoms with Crippen molar-refractivity contribution >= 4 is 5.91 Å². The maximum atomic E-state index is 12.5. The highest BCUT2D eigenvalue weighted by Gasteiger charge is 2.33. The van der Waals surface area contributed by atoms with Crippen LogP contribution in [-0.4, -0.2) is 44.1 Å². The molecule has 2 aromatic rings. The number of hydrogen-bond acceptors (Lipinski definition) is 6. The summed E-state index contributed by atoms with van der Waals surface area (Å²) in [6.45, 7) is 7.15. The number of piperidine rings is 1. The van der Waals surface area contributed by atoms with Gasteiger partial charge in [-0.05, 0) is 18.9 Å². The first-order chi connectivity index (χ1) is 11.3. The zero-order chi connectivity index (χ0) is 17.3. The van der Waals surface area contributed by atoms with Crippen LogP contribution >= 0.6 is 0 Å². The Morgan fingerprint density at radius 1 is 1.38 bits per heavy atom. The number of aromatic hydroxyl groups is 1. The van der Waals surface area contributed by atoms with Gasteiger partial charge in [-0.15, -0.1) is 0 Å². The van der Waals surface area contributed by atoms with Crippen molar-refractivity contribution in [3.63, 3.8) is 0 Å². The highest BCUT2D eigenvalue weighted by Crippen LogP contribution is 2.30. The summed E-state index contributed by atoms with van der Waals surface area (Å²) in [7, 11) is 0. The minimum absolute atomic E-state index is 0.0385. The zero-order valence-corrected chi connectivity index (χ0v) is 14.2. The van der Waals surface area contributed by atoms with E-state index >= 15 is 0 Å². The van der Waals surface area contributed by atoms with Crippen LogP contribution in [0.15, 0.2) is 23.0 Å². The minimum Gasteiger partial charge on any atom is -0.506 e. The van der Waals surface area contributed by atoms with Crippen molar-refractivity contribution < 1.29 is 14.4 Å². The van der Waals surface area contributed by atoms with Crippen LogP contribution in [0.4, 0.5) is 0 Å². The predicted octanol–water partition coefficient (Wildman–Crippen LogP) is 2.59. The molecule has 0 spiro atoms. The van der Waals surface area contributed by atoms with Gasteiger partial charge in [-0.25, -0.2) is 0 Å². The maximum absolute atomic E-state index is 12.5. The van der Waals surface area contributed by atoms with Crippen LogP contribution in [0.25, 0.3) is 11.4 Å². The third-order valence-corrected chi connectivity index (χ3v) is 4.12. The van der Waals surface area contributed by atoms with Gasteiger partial charge in [-0.1, -0.05) is 25.9 Å². The standard InChI is InChI=1S/C17H22N4O3/c1-17(2,3)16(23)21-6-4-5-11(10-21)15-19-14(20-24-15)12-7-13(22)9-18-8-12/h7-9,11,22H,4-6,10H2,1-3H3/t11-/m0/s1. The predicted molar refractivity (Wildman–Crippen MR) is 87.2 cm³/mol. The molecule has 24 heavy (non-hydrogen) atoms. The van der Waals surface area contributed by atoms with Gasteiger partial charge in [0, 0.05) is 30.3 Å². The third-order valence-electron chi connectivity index (χ3n) is 4.12. The highest BCUT2D eigenvalue weighted by molar-refractivity contribution is 5.81. The van der Waals surface area contributed by atoms with Gasteiger partial charge in [0.2, 0.25) is 17.6 Å². The molecule has 0 unspecified atom stereocenters. The highest BCUT2D eigenvalue weighted by atomic mass is 16.5. The number of nitrogens with zero attached hydrogens (tertiary/aromatic N) is 4. The molecule has 7 heteroatoms. The summed E-state index contributed by atoms with van der Waals surface area (Å²) < 4.78 is 5.40. The molecule has 0 saturated carbocycles.